The Labute approximate surface area is 108 Å². The molecular weight excluding hydrogens is 228 g/mol. The molecule has 0 spiro atoms. The molecule has 3 nitrogen and oxygen atoms in total. The molecule has 0 saturated carbocycles. The van der Waals surface area contributed by atoms with E-state index >= 15 is 0 Å². The van der Waals surface area contributed by atoms with E-state index in [0.717, 1.165) is 23.8 Å². The van der Waals surface area contributed by atoms with Crippen LogP contribution in [0.5, 0.6) is 5.75 Å². The van der Waals surface area contributed by atoms with Gasteiger partial charge in [-0.05, 0) is 30.4 Å². The lowest BCUT2D eigenvalue weighted by molar-refractivity contribution is -0.131. The van der Waals surface area contributed by atoms with Crippen molar-refractivity contribution in [3.8, 4) is 5.75 Å². The predicted octanol–water partition coefficient (Wildman–Crippen LogP) is 3.29. The Bertz CT molecular complexity index is 408. The van der Waals surface area contributed by atoms with Crippen LogP contribution in [0.3, 0.4) is 0 Å². The predicted molar refractivity (Wildman–Crippen MR) is 71.9 cm³/mol. The molecule has 18 heavy (non-hydrogen) atoms. The first-order valence-corrected chi connectivity index (χ1v) is 6.19. The number of para-hydroxylation sites is 1. The SMILES string of the molecule is CC(C)CCOc1ccccc1CC=CC(=O)O. The molecule has 1 rings (SSSR count). The molecular formula is C15H20O3. The van der Waals surface area contributed by atoms with E-state index in [1.165, 1.54) is 0 Å². The van der Waals surface area contributed by atoms with Crippen molar-refractivity contribution in [2.75, 3.05) is 6.61 Å². The van der Waals surface area contributed by atoms with Crippen LogP contribution in [0.15, 0.2) is 36.4 Å². The number of hydrogen-bond acceptors (Lipinski definition) is 2. The van der Waals surface area contributed by atoms with E-state index in [9.17, 15) is 4.79 Å². The summed E-state index contributed by atoms with van der Waals surface area (Å²) in [5.74, 6) is 0.533. The molecule has 0 aromatic heterocycles. The number of rotatable bonds is 7. The summed E-state index contributed by atoms with van der Waals surface area (Å²) in [7, 11) is 0. The van der Waals surface area contributed by atoms with Gasteiger partial charge in [0.25, 0.3) is 0 Å². The number of aliphatic carboxylic acids is 1. The van der Waals surface area contributed by atoms with Crippen LogP contribution in [-0.4, -0.2) is 17.7 Å². The second-order valence-corrected chi connectivity index (χ2v) is 4.58. The molecule has 1 aromatic carbocycles. The van der Waals surface area contributed by atoms with Gasteiger partial charge < -0.3 is 9.84 Å². The highest BCUT2D eigenvalue weighted by Gasteiger charge is 2.02. The van der Waals surface area contributed by atoms with Crippen molar-refractivity contribution < 1.29 is 14.6 Å². The smallest absolute Gasteiger partial charge is 0.327 e. The molecule has 1 aromatic rings. The molecule has 0 aliphatic heterocycles. The van der Waals surface area contributed by atoms with Gasteiger partial charge in [-0.2, -0.15) is 0 Å². The van der Waals surface area contributed by atoms with Crippen LogP contribution in [0, 0.1) is 5.92 Å². The first-order chi connectivity index (χ1) is 8.59. The van der Waals surface area contributed by atoms with Gasteiger partial charge in [0.1, 0.15) is 5.75 Å². The van der Waals surface area contributed by atoms with Gasteiger partial charge in [0, 0.05) is 6.08 Å². The molecule has 0 radical (unpaired) electrons. The van der Waals surface area contributed by atoms with Crippen molar-refractivity contribution in [2.24, 2.45) is 5.92 Å². The summed E-state index contributed by atoms with van der Waals surface area (Å²) in [5.41, 5.74) is 1.01. The van der Waals surface area contributed by atoms with Gasteiger partial charge in [-0.25, -0.2) is 4.79 Å². The zero-order valence-electron chi connectivity index (χ0n) is 10.9. The van der Waals surface area contributed by atoms with Gasteiger partial charge in [0.05, 0.1) is 6.61 Å². The molecule has 0 aliphatic rings. The van der Waals surface area contributed by atoms with Crippen LogP contribution in [0.1, 0.15) is 25.8 Å². The Morgan fingerprint density at radius 2 is 2.11 bits per heavy atom. The zero-order valence-corrected chi connectivity index (χ0v) is 10.9. The Morgan fingerprint density at radius 3 is 2.78 bits per heavy atom. The fourth-order valence-corrected chi connectivity index (χ4v) is 1.50. The molecule has 1 N–H and O–H groups in total. The van der Waals surface area contributed by atoms with E-state index in [-0.39, 0.29) is 0 Å². The number of carbonyl (C=O) groups is 1. The van der Waals surface area contributed by atoms with Crippen LogP contribution < -0.4 is 4.74 Å². The van der Waals surface area contributed by atoms with E-state index < -0.39 is 5.97 Å². The first-order valence-electron chi connectivity index (χ1n) is 6.19. The maximum atomic E-state index is 10.4. The van der Waals surface area contributed by atoms with Gasteiger partial charge in [-0.3, -0.25) is 0 Å². The Balaban J connectivity index is 2.58. The van der Waals surface area contributed by atoms with Crippen molar-refractivity contribution in [3.63, 3.8) is 0 Å². The lowest BCUT2D eigenvalue weighted by Crippen LogP contribution is -2.03. The minimum absolute atomic E-state index is 0.574. The minimum atomic E-state index is -0.923. The third kappa shape index (κ3) is 5.53. The molecule has 0 heterocycles. The van der Waals surface area contributed by atoms with E-state index in [1.807, 2.05) is 24.3 Å². The quantitative estimate of drug-likeness (QED) is 0.753. The largest absolute Gasteiger partial charge is 0.493 e. The zero-order chi connectivity index (χ0) is 13.4. The molecule has 0 aliphatic carbocycles. The van der Waals surface area contributed by atoms with E-state index in [4.69, 9.17) is 9.84 Å². The average Bonchev–Trinajstić information content (AvgIpc) is 2.30. The van der Waals surface area contributed by atoms with Crippen LogP contribution in [-0.2, 0) is 11.2 Å². The van der Waals surface area contributed by atoms with Crippen LogP contribution in [0.2, 0.25) is 0 Å². The highest BCUT2D eigenvalue weighted by atomic mass is 16.5. The summed E-state index contributed by atoms with van der Waals surface area (Å²) in [6.45, 7) is 5.01. The first kappa shape index (κ1) is 14.3. The number of carboxylic acids is 1. The van der Waals surface area contributed by atoms with E-state index in [0.29, 0.717) is 18.9 Å². The summed E-state index contributed by atoms with van der Waals surface area (Å²) in [6.07, 6.45) is 4.38. The van der Waals surface area contributed by atoms with Gasteiger partial charge in [0.15, 0.2) is 0 Å². The Kier molecular flexibility index (Phi) is 5.98. The number of hydrogen-bond donors (Lipinski definition) is 1. The molecule has 0 amide bonds. The third-order valence-corrected chi connectivity index (χ3v) is 2.52. The van der Waals surface area contributed by atoms with Gasteiger partial charge in [-0.1, -0.05) is 38.1 Å². The summed E-state index contributed by atoms with van der Waals surface area (Å²) in [6, 6.07) is 7.73. The number of allylic oxidation sites excluding steroid dienone is 1. The monoisotopic (exact) mass is 248 g/mol. The highest BCUT2D eigenvalue weighted by molar-refractivity contribution is 5.79. The summed E-state index contributed by atoms with van der Waals surface area (Å²) < 4.78 is 5.72. The summed E-state index contributed by atoms with van der Waals surface area (Å²) in [5, 5.41) is 8.55. The molecule has 0 saturated heterocycles. The maximum absolute atomic E-state index is 10.4. The second kappa shape index (κ2) is 7.54. The van der Waals surface area contributed by atoms with Crippen LogP contribution >= 0.6 is 0 Å². The van der Waals surface area contributed by atoms with Crippen LogP contribution in [0.4, 0.5) is 0 Å². The van der Waals surface area contributed by atoms with Crippen molar-refractivity contribution >= 4 is 5.97 Å². The van der Waals surface area contributed by atoms with Crippen molar-refractivity contribution in [1.82, 2.24) is 0 Å². The molecule has 3 heteroatoms. The fourth-order valence-electron chi connectivity index (χ4n) is 1.50. The summed E-state index contributed by atoms with van der Waals surface area (Å²) in [4.78, 5) is 10.4. The van der Waals surface area contributed by atoms with Crippen molar-refractivity contribution in [1.29, 1.82) is 0 Å². The van der Waals surface area contributed by atoms with Crippen LogP contribution in [0.25, 0.3) is 0 Å². The lowest BCUT2D eigenvalue weighted by Gasteiger charge is -2.11. The maximum Gasteiger partial charge on any atom is 0.327 e. The average molecular weight is 248 g/mol. The summed E-state index contributed by atoms with van der Waals surface area (Å²) >= 11 is 0. The lowest BCUT2D eigenvalue weighted by atomic mass is 10.1. The topological polar surface area (TPSA) is 46.5 Å². The number of carboxylic acid groups (broad SMARTS) is 1. The number of benzene rings is 1. The minimum Gasteiger partial charge on any atom is -0.493 e. The van der Waals surface area contributed by atoms with Gasteiger partial charge in [0.2, 0.25) is 0 Å². The highest BCUT2D eigenvalue weighted by Crippen LogP contribution is 2.19. The Hall–Kier alpha value is -1.77. The van der Waals surface area contributed by atoms with Gasteiger partial charge >= 0.3 is 5.97 Å². The number of ether oxygens (including phenoxy) is 1. The standard InChI is InChI=1S/C15H20O3/c1-12(2)10-11-18-14-8-4-3-6-13(14)7-5-9-15(16)17/h3-6,8-9,12H,7,10-11H2,1-2H3,(H,16,17). The normalized spacial score (nSPS) is 11.1. The molecule has 98 valence electrons. The second-order valence-electron chi connectivity index (χ2n) is 4.58. The van der Waals surface area contributed by atoms with E-state index in [2.05, 4.69) is 13.8 Å². The molecule has 0 unspecified atom stereocenters. The van der Waals surface area contributed by atoms with Crippen molar-refractivity contribution in [2.45, 2.75) is 26.7 Å². The van der Waals surface area contributed by atoms with Gasteiger partial charge in [-0.15, -0.1) is 0 Å². The molecule has 0 atom stereocenters. The third-order valence-electron chi connectivity index (χ3n) is 2.52. The fraction of sp³-hybridized carbons (Fsp3) is 0.400. The molecule has 0 fully saturated rings. The molecule has 0 bridgehead atoms. The Morgan fingerprint density at radius 1 is 1.39 bits per heavy atom. The van der Waals surface area contributed by atoms with E-state index in [1.54, 1.807) is 6.08 Å². The van der Waals surface area contributed by atoms with Crippen molar-refractivity contribution in [3.05, 3.63) is 42.0 Å².